The Balaban J connectivity index is 1.41. The molecule has 15 nitrogen and oxygen atoms in total. The number of carbonyl (C=O) groups excluding carboxylic acids is 3. The summed E-state index contributed by atoms with van der Waals surface area (Å²) < 4.78 is -1.48. The highest BCUT2D eigenvalue weighted by molar-refractivity contribution is 8.20. The fourth-order valence-corrected chi connectivity index (χ4v) is 8.04. The minimum atomic E-state index is -1.77. The number of hydrogen-bond donors (Lipinski definition) is 6. The van der Waals surface area contributed by atoms with Crippen LogP contribution in [-0.2, 0) is 24.0 Å². The van der Waals surface area contributed by atoms with Crippen molar-refractivity contribution in [2.75, 3.05) is 24.6 Å². The smallest absolute Gasteiger partial charge is 0.350 e. The van der Waals surface area contributed by atoms with E-state index in [-0.39, 0.29) is 52.4 Å². The molecule has 44 heavy (non-hydrogen) atoms. The molecule has 0 radical (unpaired) electrons. The van der Waals surface area contributed by atoms with E-state index in [9.17, 15) is 44.4 Å². The highest BCUT2D eigenvalue weighted by atomic mass is 35.5. The fourth-order valence-electron chi connectivity index (χ4n) is 4.15. The second-order valence-corrected chi connectivity index (χ2v) is 14.4. The third-order valence-electron chi connectivity index (χ3n) is 6.64. The first-order valence-electron chi connectivity index (χ1n) is 12.7. The molecule has 2 aliphatic rings. The van der Waals surface area contributed by atoms with Gasteiger partial charge in [-0.25, -0.2) is 14.6 Å². The number of aliphatic carboxylic acids is 2. The molecule has 1 unspecified atom stereocenters. The number of aromatic nitrogens is 1. The quantitative estimate of drug-likeness (QED) is 0.0579. The van der Waals surface area contributed by atoms with Crippen LogP contribution in [0, 0.1) is 5.92 Å². The van der Waals surface area contributed by atoms with Gasteiger partial charge in [-0.3, -0.25) is 14.4 Å². The number of phenols is 2. The van der Waals surface area contributed by atoms with Gasteiger partial charge in [-0.05, 0) is 26.0 Å². The number of anilines is 1. The standard InChI is InChI=1S/C25H26ClN5O10S3/c1-24(2,21(37)38)41-30-16(12-8-42-23(27)29-12)14(33)7-11-19(36)31-9-25(22(39)40,44-20(11)31)43-6-5-28-18(35)10-3-4-13(32)17(34)15(10)26/h3-4,8,11,20,32,34H,5-7,9H2,1-2H3,(H2,27,29)(H,28,35)(H,37,38)(H,39,40)/b30-16-/t11-,20?,25-/m1/s1. The molecule has 1 aromatic carbocycles. The summed E-state index contributed by atoms with van der Waals surface area (Å²) in [6, 6.07) is 2.33. The number of amides is 2. The number of ketones is 1. The van der Waals surface area contributed by atoms with Gasteiger partial charge in [0.1, 0.15) is 5.69 Å². The van der Waals surface area contributed by atoms with E-state index in [1.165, 1.54) is 30.2 Å². The molecule has 7 N–H and O–H groups in total. The Labute approximate surface area is 266 Å². The molecule has 2 saturated heterocycles. The Hall–Kier alpha value is -3.74. The second-order valence-electron chi connectivity index (χ2n) is 10.1. The number of carbonyl (C=O) groups is 5. The molecular weight excluding hydrogens is 662 g/mol. The zero-order valence-electron chi connectivity index (χ0n) is 23.0. The van der Waals surface area contributed by atoms with E-state index in [4.69, 9.17) is 22.2 Å². The summed E-state index contributed by atoms with van der Waals surface area (Å²) in [6.07, 6.45) is -0.364. The fraction of sp³-hybridized carbons (Fsp3) is 0.400. The van der Waals surface area contributed by atoms with Gasteiger partial charge in [0.25, 0.3) is 5.91 Å². The number of carboxylic acid groups (broad SMARTS) is 2. The molecule has 3 atom stereocenters. The van der Waals surface area contributed by atoms with Crippen LogP contribution in [-0.4, -0.2) is 99.5 Å². The summed E-state index contributed by atoms with van der Waals surface area (Å²) in [5, 5.41) is 45.5. The van der Waals surface area contributed by atoms with Gasteiger partial charge < -0.3 is 41.2 Å². The molecule has 2 fully saturated rings. The Bertz CT molecular complexity index is 1570. The Morgan fingerprint density at radius 2 is 2.00 bits per heavy atom. The third-order valence-corrected chi connectivity index (χ3v) is 11.0. The topological polar surface area (TPSA) is 242 Å². The maximum Gasteiger partial charge on any atom is 0.350 e. The van der Waals surface area contributed by atoms with Crippen LogP contribution in [0.15, 0.2) is 22.7 Å². The highest BCUT2D eigenvalue weighted by Gasteiger charge is 2.62. The van der Waals surface area contributed by atoms with Crippen LogP contribution >= 0.6 is 46.5 Å². The molecule has 4 rings (SSSR count). The van der Waals surface area contributed by atoms with Gasteiger partial charge in [-0.2, -0.15) is 0 Å². The number of carboxylic acids is 2. The number of fused-ring (bicyclic) bond motifs is 1. The normalized spacial score (nSPS) is 21.4. The van der Waals surface area contributed by atoms with Crippen molar-refractivity contribution in [1.29, 1.82) is 0 Å². The van der Waals surface area contributed by atoms with Gasteiger partial charge in [0.05, 0.1) is 28.4 Å². The highest BCUT2D eigenvalue weighted by Crippen LogP contribution is 2.55. The number of nitrogens with zero attached hydrogens (tertiary/aromatic N) is 3. The van der Waals surface area contributed by atoms with Gasteiger partial charge in [-0.15, -0.1) is 34.9 Å². The minimum absolute atomic E-state index is 0.0148. The van der Waals surface area contributed by atoms with Gasteiger partial charge in [-0.1, -0.05) is 16.8 Å². The predicted molar refractivity (Wildman–Crippen MR) is 162 cm³/mol. The number of halogens is 1. The summed E-state index contributed by atoms with van der Waals surface area (Å²) in [5.41, 5.74) is 3.55. The number of benzene rings is 1. The van der Waals surface area contributed by atoms with Crippen LogP contribution in [0.5, 0.6) is 11.5 Å². The summed E-state index contributed by atoms with van der Waals surface area (Å²) in [7, 11) is 0. The van der Waals surface area contributed by atoms with Crippen LogP contribution in [0.2, 0.25) is 5.02 Å². The Morgan fingerprint density at radius 1 is 1.30 bits per heavy atom. The van der Waals surface area contributed by atoms with E-state index in [1.807, 2.05) is 0 Å². The third kappa shape index (κ3) is 6.52. The van der Waals surface area contributed by atoms with Crippen molar-refractivity contribution in [1.82, 2.24) is 15.2 Å². The first-order valence-corrected chi connectivity index (χ1v) is 15.8. The van der Waals surface area contributed by atoms with Gasteiger partial charge in [0, 0.05) is 24.1 Å². The number of nitrogens with two attached hydrogens (primary N) is 1. The number of nitrogens with one attached hydrogen (secondary N) is 1. The maximum absolute atomic E-state index is 13.3. The van der Waals surface area contributed by atoms with Gasteiger partial charge >= 0.3 is 11.9 Å². The maximum atomic E-state index is 13.3. The largest absolute Gasteiger partial charge is 0.504 e. The van der Waals surface area contributed by atoms with E-state index >= 15 is 0 Å². The summed E-state index contributed by atoms with van der Waals surface area (Å²) in [5.74, 6) is -6.16. The SMILES string of the molecule is CC(C)(O/N=C(\C(=O)C[C@@H]1C(=O)N2C[C@](SCCNC(=O)c3ccc(O)c(O)c3Cl)(C(=O)O)SC12)c1csc(N)n1)C(=O)O. The molecule has 0 spiro atoms. The zero-order chi connectivity index (χ0) is 32.6. The summed E-state index contributed by atoms with van der Waals surface area (Å²) in [6.45, 7) is 2.35. The molecule has 0 saturated carbocycles. The van der Waals surface area contributed by atoms with Crippen LogP contribution in [0.1, 0.15) is 36.3 Å². The number of β-lactam (4-membered cyclic amide) rings is 1. The molecule has 236 valence electrons. The lowest BCUT2D eigenvalue weighted by atomic mass is 9.90. The average molecular weight is 688 g/mol. The molecular formula is C25H26ClN5O10S3. The van der Waals surface area contributed by atoms with Crippen molar-refractivity contribution in [2.45, 2.75) is 35.3 Å². The van der Waals surface area contributed by atoms with Crippen molar-refractivity contribution in [3.63, 3.8) is 0 Å². The van der Waals surface area contributed by atoms with Crippen LogP contribution in [0.4, 0.5) is 5.13 Å². The van der Waals surface area contributed by atoms with Crippen molar-refractivity contribution < 1.29 is 49.2 Å². The van der Waals surface area contributed by atoms with Crippen molar-refractivity contribution in [2.24, 2.45) is 11.1 Å². The van der Waals surface area contributed by atoms with E-state index in [0.29, 0.717) is 0 Å². The molecule has 0 bridgehead atoms. The molecule has 2 amide bonds. The molecule has 1 aromatic heterocycles. The van der Waals surface area contributed by atoms with Crippen molar-refractivity contribution in [3.8, 4) is 11.5 Å². The number of aromatic hydroxyl groups is 2. The number of rotatable bonds is 13. The van der Waals surface area contributed by atoms with Crippen LogP contribution < -0.4 is 11.1 Å². The lowest BCUT2D eigenvalue weighted by Gasteiger charge is -2.41. The molecule has 2 aliphatic heterocycles. The molecule has 0 aliphatic carbocycles. The number of hydrogen-bond acceptors (Lipinski definition) is 14. The van der Waals surface area contributed by atoms with Crippen molar-refractivity contribution >= 4 is 86.8 Å². The number of Topliss-reactive ketones (excluding diaryl/α,β-unsaturated/α-hetero) is 1. The second kappa shape index (κ2) is 12.7. The average Bonchev–Trinajstić information content (AvgIpc) is 3.55. The Kier molecular flexibility index (Phi) is 9.57. The number of thiazole rings is 1. The predicted octanol–water partition coefficient (Wildman–Crippen LogP) is 1.81. The van der Waals surface area contributed by atoms with E-state index in [1.54, 1.807) is 0 Å². The van der Waals surface area contributed by atoms with E-state index < -0.39 is 62.0 Å². The van der Waals surface area contributed by atoms with Crippen LogP contribution in [0.3, 0.4) is 0 Å². The van der Waals surface area contributed by atoms with Crippen molar-refractivity contribution in [3.05, 3.63) is 33.8 Å². The van der Waals surface area contributed by atoms with E-state index in [0.717, 1.165) is 40.9 Å². The zero-order valence-corrected chi connectivity index (χ0v) is 26.2. The number of oxime groups is 1. The number of thioether (sulfide) groups is 2. The Morgan fingerprint density at radius 3 is 2.61 bits per heavy atom. The summed E-state index contributed by atoms with van der Waals surface area (Å²) >= 11 is 8.94. The number of nitrogen functional groups attached to an aromatic ring is 1. The lowest BCUT2D eigenvalue weighted by Crippen LogP contribution is -2.57. The minimum Gasteiger partial charge on any atom is -0.504 e. The van der Waals surface area contributed by atoms with E-state index in [2.05, 4.69) is 15.5 Å². The molecule has 3 heterocycles. The van der Waals surface area contributed by atoms with Gasteiger partial charge in [0.15, 0.2) is 32.2 Å². The van der Waals surface area contributed by atoms with Crippen LogP contribution in [0.25, 0.3) is 0 Å². The molecule has 19 heteroatoms. The summed E-state index contributed by atoms with van der Waals surface area (Å²) in [4.78, 5) is 73.1. The van der Waals surface area contributed by atoms with Gasteiger partial charge in [0.2, 0.25) is 11.5 Å². The first-order chi connectivity index (χ1) is 20.6. The monoisotopic (exact) mass is 687 g/mol. The lowest BCUT2D eigenvalue weighted by molar-refractivity contribution is -0.161. The first kappa shape index (κ1) is 33.2. The molecule has 2 aromatic rings. The number of phenolic OH excluding ortho intramolecular Hbond substituents is 2.